The highest BCUT2D eigenvalue weighted by molar-refractivity contribution is 5.87. The van der Waals surface area contributed by atoms with Crippen LogP contribution in [0.1, 0.15) is 47.7 Å². The summed E-state index contributed by atoms with van der Waals surface area (Å²) in [6.07, 6.45) is -1.99. The quantitative estimate of drug-likeness (QED) is 0.835. The minimum atomic E-state index is -4.70. The monoisotopic (exact) mass is 371 g/mol. The maximum atomic E-state index is 12.2. The van der Waals surface area contributed by atoms with Crippen LogP contribution in [0.3, 0.4) is 0 Å². The third-order valence-corrected chi connectivity index (χ3v) is 4.27. The Bertz CT molecular complexity index is 753. The Hall–Kier alpha value is -2.78. The van der Waals surface area contributed by atoms with E-state index in [2.05, 4.69) is 20.1 Å². The van der Waals surface area contributed by atoms with Crippen molar-refractivity contribution in [3.05, 3.63) is 35.5 Å². The van der Waals surface area contributed by atoms with Crippen LogP contribution in [0.5, 0.6) is 11.6 Å². The van der Waals surface area contributed by atoms with Gasteiger partial charge >= 0.3 is 12.3 Å². The van der Waals surface area contributed by atoms with Crippen LogP contribution >= 0.6 is 0 Å². The zero-order chi connectivity index (χ0) is 18.7. The molecule has 1 aliphatic rings. The van der Waals surface area contributed by atoms with E-state index in [9.17, 15) is 18.0 Å². The molecule has 1 aromatic heterocycles. The molecule has 2 N–H and O–H groups in total. The molecule has 0 spiro atoms. The number of nitrogens with zero attached hydrogens (tertiary/aromatic N) is 2. The molecule has 1 heterocycles. The highest BCUT2D eigenvalue weighted by atomic mass is 19.4. The van der Waals surface area contributed by atoms with Gasteiger partial charge in [0.1, 0.15) is 11.9 Å². The number of aromatic amines is 1. The number of ether oxygens (including phenoxy) is 2. The minimum absolute atomic E-state index is 0.0328. The van der Waals surface area contributed by atoms with Gasteiger partial charge in [0.25, 0.3) is 5.88 Å². The van der Waals surface area contributed by atoms with Crippen molar-refractivity contribution in [1.29, 1.82) is 0 Å². The maximum Gasteiger partial charge on any atom is 0.573 e. The van der Waals surface area contributed by atoms with E-state index in [-0.39, 0.29) is 29.3 Å². The van der Waals surface area contributed by atoms with E-state index in [1.165, 1.54) is 12.1 Å². The number of hydrogen-bond acceptors (Lipinski definition) is 5. The number of aromatic nitrogens is 3. The molecule has 10 heteroatoms. The predicted octanol–water partition coefficient (Wildman–Crippen LogP) is 3.51. The Balaban J connectivity index is 1.55. The van der Waals surface area contributed by atoms with Crippen molar-refractivity contribution < 1.29 is 32.5 Å². The molecule has 140 valence electrons. The van der Waals surface area contributed by atoms with Crippen LogP contribution in [0.4, 0.5) is 13.2 Å². The summed E-state index contributed by atoms with van der Waals surface area (Å²) >= 11 is 0. The summed E-state index contributed by atoms with van der Waals surface area (Å²) in [7, 11) is 0. The molecule has 0 bridgehead atoms. The molecule has 3 rings (SSSR count). The molecular formula is C16H16F3N3O4. The molecule has 0 unspecified atom stereocenters. The fourth-order valence-electron chi connectivity index (χ4n) is 3.05. The number of halogens is 3. The lowest BCUT2D eigenvalue weighted by molar-refractivity contribution is -0.274. The van der Waals surface area contributed by atoms with Gasteiger partial charge < -0.3 is 14.6 Å². The van der Waals surface area contributed by atoms with Gasteiger partial charge in [-0.25, -0.2) is 9.89 Å². The van der Waals surface area contributed by atoms with Gasteiger partial charge in [-0.2, -0.15) is 0 Å². The lowest BCUT2D eigenvalue weighted by atomic mass is 9.83. The normalized spacial score (nSPS) is 20.6. The van der Waals surface area contributed by atoms with Crippen LogP contribution < -0.4 is 9.47 Å². The molecule has 0 amide bonds. The molecule has 1 fully saturated rings. The summed E-state index contributed by atoms with van der Waals surface area (Å²) in [5.74, 6) is -1.27. The number of carboxylic acid groups (broad SMARTS) is 1. The summed E-state index contributed by atoms with van der Waals surface area (Å²) < 4.78 is 46.0. The summed E-state index contributed by atoms with van der Waals surface area (Å²) in [5.41, 5.74) is 0.748. The number of nitrogens with one attached hydrogen (secondary N) is 1. The van der Waals surface area contributed by atoms with E-state index in [1.807, 2.05) is 0 Å². The van der Waals surface area contributed by atoms with E-state index >= 15 is 0 Å². The number of alkyl halides is 3. The third kappa shape index (κ3) is 4.44. The number of aromatic carboxylic acids is 1. The van der Waals surface area contributed by atoms with Crippen molar-refractivity contribution in [2.45, 2.75) is 44.1 Å². The zero-order valence-corrected chi connectivity index (χ0v) is 13.5. The second kappa shape index (κ2) is 7.22. The van der Waals surface area contributed by atoms with Crippen LogP contribution in [0.2, 0.25) is 0 Å². The number of H-pyrrole nitrogens is 1. The third-order valence-electron chi connectivity index (χ3n) is 4.27. The van der Waals surface area contributed by atoms with Crippen LogP contribution in [0.15, 0.2) is 24.3 Å². The predicted molar refractivity (Wildman–Crippen MR) is 82.1 cm³/mol. The SMILES string of the molecule is O=C(O)c1[nH]nnc1O[C@H]1CC[C@@H](c2ccc(OC(F)(F)F)cc2)CC1. The van der Waals surface area contributed by atoms with Crippen molar-refractivity contribution in [2.24, 2.45) is 0 Å². The molecule has 0 aliphatic heterocycles. The van der Waals surface area contributed by atoms with Gasteiger partial charge in [0.15, 0.2) is 0 Å². The number of benzene rings is 1. The van der Waals surface area contributed by atoms with Crippen LogP contribution in [-0.2, 0) is 0 Å². The summed E-state index contributed by atoms with van der Waals surface area (Å²) in [4.78, 5) is 11.0. The molecule has 1 aliphatic carbocycles. The summed E-state index contributed by atoms with van der Waals surface area (Å²) in [6, 6.07) is 5.88. The number of carboxylic acids is 1. The van der Waals surface area contributed by atoms with Gasteiger partial charge in [-0.15, -0.1) is 13.2 Å². The molecule has 26 heavy (non-hydrogen) atoms. The molecule has 0 atom stereocenters. The summed E-state index contributed by atoms with van der Waals surface area (Å²) in [5, 5.41) is 18.3. The average molecular weight is 371 g/mol. The first-order valence-electron chi connectivity index (χ1n) is 7.98. The van der Waals surface area contributed by atoms with E-state index in [0.717, 1.165) is 18.4 Å². The van der Waals surface area contributed by atoms with Crippen molar-refractivity contribution >= 4 is 5.97 Å². The highest BCUT2D eigenvalue weighted by Crippen LogP contribution is 2.35. The first kappa shape index (κ1) is 18.0. The number of rotatable bonds is 5. The maximum absolute atomic E-state index is 12.2. The second-order valence-electron chi connectivity index (χ2n) is 6.01. The zero-order valence-electron chi connectivity index (χ0n) is 13.5. The first-order valence-corrected chi connectivity index (χ1v) is 7.98. The van der Waals surface area contributed by atoms with Gasteiger partial charge in [-0.05, 0) is 49.3 Å². The second-order valence-corrected chi connectivity index (χ2v) is 6.01. The van der Waals surface area contributed by atoms with Crippen LogP contribution in [-0.4, -0.2) is 39.0 Å². The van der Waals surface area contributed by atoms with Gasteiger partial charge in [0, 0.05) is 0 Å². The topological polar surface area (TPSA) is 97.3 Å². The smallest absolute Gasteiger partial charge is 0.476 e. The minimum Gasteiger partial charge on any atom is -0.476 e. The van der Waals surface area contributed by atoms with E-state index in [0.29, 0.717) is 12.8 Å². The number of carbonyl (C=O) groups is 1. The van der Waals surface area contributed by atoms with Crippen molar-refractivity contribution in [2.75, 3.05) is 0 Å². The molecule has 1 aromatic carbocycles. The largest absolute Gasteiger partial charge is 0.573 e. The fraction of sp³-hybridized carbons (Fsp3) is 0.438. The van der Waals surface area contributed by atoms with Gasteiger partial charge in [0.2, 0.25) is 5.69 Å². The molecular weight excluding hydrogens is 355 g/mol. The molecule has 2 aromatic rings. The highest BCUT2D eigenvalue weighted by Gasteiger charge is 2.31. The Morgan fingerprint density at radius 2 is 1.81 bits per heavy atom. The molecule has 0 radical (unpaired) electrons. The van der Waals surface area contributed by atoms with E-state index in [1.54, 1.807) is 12.1 Å². The van der Waals surface area contributed by atoms with Crippen LogP contribution in [0, 0.1) is 0 Å². The van der Waals surface area contributed by atoms with E-state index < -0.39 is 12.3 Å². The van der Waals surface area contributed by atoms with E-state index in [4.69, 9.17) is 9.84 Å². The average Bonchev–Trinajstić information content (AvgIpc) is 3.03. The van der Waals surface area contributed by atoms with Gasteiger partial charge in [0.05, 0.1) is 0 Å². The molecule has 7 nitrogen and oxygen atoms in total. The summed E-state index contributed by atoms with van der Waals surface area (Å²) in [6.45, 7) is 0. The fourth-order valence-corrected chi connectivity index (χ4v) is 3.05. The Morgan fingerprint density at radius 3 is 2.38 bits per heavy atom. The Labute approximate surface area is 146 Å². The van der Waals surface area contributed by atoms with Crippen LogP contribution in [0.25, 0.3) is 0 Å². The van der Waals surface area contributed by atoms with Gasteiger partial charge in [-0.3, -0.25) is 0 Å². The lowest BCUT2D eigenvalue weighted by Gasteiger charge is -2.28. The van der Waals surface area contributed by atoms with Crippen molar-refractivity contribution in [3.63, 3.8) is 0 Å². The Kier molecular flexibility index (Phi) is 5.01. The molecule has 1 saturated carbocycles. The first-order chi connectivity index (χ1) is 12.3. The van der Waals surface area contributed by atoms with Crippen molar-refractivity contribution in [3.8, 4) is 11.6 Å². The lowest BCUT2D eigenvalue weighted by Crippen LogP contribution is -2.24. The standard InChI is InChI=1S/C16H16F3N3O4/c17-16(18,19)26-12-7-3-10(4-8-12)9-1-5-11(6-2-9)25-14-13(15(23)24)20-22-21-14/h3-4,7-9,11H,1-2,5-6H2,(H,23,24)(H,20,21,22)/t9-,11+. The van der Waals surface area contributed by atoms with Crippen molar-refractivity contribution in [1.82, 2.24) is 15.4 Å². The molecule has 0 saturated heterocycles. The van der Waals surface area contributed by atoms with Gasteiger partial charge in [-0.1, -0.05) is 22.4 Å². The Morgan fingerprint density at radius 1 is 1.15 bits per heavy atom. The number of hydrogen-bond donors (Lipinski definition) is 2.